The molecular weight excluding hydrogens is 370 g/mol. The Balaban J connectivity index is 2.02. The smallest absolute Gasteiger partial charge is 0.328 e. The van der Waals surface area contributed by atoms with Gasteiger partial charge >= 0.3 is 5.97 Å². The van der Waals surface area contributed by atoms with Gasteiger partial charge in [0.2, 0.25) is 5.91 Å². The number of aliphatic hydroxyl groups excluding tert-OH is 1. The van der Waals surface area contributed by atoms with E-state index in [1.807, 2.05) is 68.4 Å². The summed E-state index contributed by atoms with van der Waals surface area (Å²) in [5.74, 6) is -0.316. The van der Waals surface area contributed by atoms with Crippen LogP contribution in [0.5, 0.6) is 5.75 Å². The number of rotatable bonds is 10. The van der Waals surface area contributed by atoms with Gasteiger partial charge in [0.05, 0.1) is 7.11 Å². The van der Waals surface area contributed by atoms with Crippen molar-refractivity contribution in [2.75, 3.05) is 7.11 Å². The molecule has 2 N–H and O–H groups in total. The molecule has 0 aliphatic heterocycles. The van der Waals surface area contributed by atoms with Crippen LogP contribution in [0, 0.1) is 5.92 Å². The third kappa shape index (κ3) is 7.58. The van der Waals surface area contributed by atoms with E-state index in [0.717, 1.165) is 11.1 Å². The first kappa shape index (κ1) is 22.4. The lowest BCUT2D eigenvalue weighted by atomic mass is 10.0. The number of hydrogen-bond acceptors (Lipinski definition) is 5. The topological polar surface area (TPSA) is 84.9 Å². The van der Waals surface area contributed by atoms with Gasteiger partial charge < -0.3 is 19.9 Å². The number of aliphatic hydroxyl groups is 1. The molecule has 6 nitrogen and oxygen atoms in total. The number of benzene rings is 2. The van der Waals surface area contributed by atoms with E-state index in [2.05, 4.69) is 5.32 Å². The highest BCUT2D eigenvalue weighted by Crippen LogP contribution is 2.17. The van der Waals surface area contributed by atoms with E-state index in [9.17, 15) is 14.7 Å². The monoisotopic (exact) mass is 399 g/mol. The second-order valence-electron chi connectivity index (χ2n) is 7.36. The van der Waals surface area contributed by atoms with Crippen molar-refractivity contribution in [1.29, 1.82) is 0 Å². The maximum absolute atomic E-state index is 12.2. The van der Waals surface area contributed by atoms with Crippen molar-refractivity contribution < 1.29 is 24.2 Å². The van der Waals surface area contributed by atoms with Crippen LogP contribution in [0.3, 0.4) is 0 Å². The van der Waals surface area contributed by atoms with Gasteiger partial charge in [-0.25, -0.2) is 4.79 Å². The molecule has 6 heteroatoms. The molecule has 156 valence electrons. The number of hydrogen-bond donors (Lipinski definition) is 2. The van der Waals surface area contributed by atoms with Crippen LogP contribution in [0.25, 0.3) is 0 Å². The van der Waals surface area contributed by atoms with Crippen LogP contribution >= 0.6 is 0 Å². The lowest BCUT2D eigenvalue weighted by Crippen LogP contribution is -2.47. The first-order chi connectivity index (χ1) is 13.9. The van der Waals surface area contributed by atoms with Crippen LogP contribution < -0.4 is 10.1 Å². The molecule has 0 aliphatic carbocycles. The Kier molecular flexibility index (Phi) is 8.68. The number of amides is 1. The predicted molar refractivity (Wildman–Crippen MR) is 110 cm³/mol. The number of esters is 1. The molecule has 2 aromatic carbocycles. The van der Waals surface area contributed by atoms with Gasteiger partial charge in [-0.05, 0) is 35.6 Å². The van der Waals surface area contributed by atoms with E-state index in [4.69, 9.17) is 9.47 Å². The van der Waals surface area contributed by atoms with Crippen molar-refractivity contribution in [1.82, 2.24) is 5.32 Å². The standard InChI is InChI=1S/C23H29NO5/c1-16(2)12-21(25)22(26)24-20(23(27)28-3)14-18-10-7-11-19(13-18)29-15-17-8-5-4-6-9-17/h4-11,13,16,20-21,25H,12,14-15H2,1-3H3,(H,24,26)/t20-,21-/m1/s1. The third-order valence-corrected chi connectivity index (χ3v) is 4.39. The zero-order chi connectivity index (χ0) is 21.2. The van der Waals surface area contributed by atoms with Crippen LogP contribution in [0.2, 0.25) is 0 Å². The van der Waals surface area contributed by atoms with Crippen molar-refractivity contribution in [2.45, 2.75) is 45.4 Å². The normalized spacial score (nSPS) is 12.9. The molecule has 0 bridgehead atoms. The maximum Gasteiger partial charge on any atom is 0.328 e. The molecule has 0 heterocycles. The molecule has 0 radical (unpaired) electrons. The second-order valence-corrected chi connectivity index (χ2v) is 7.36. The number of nitrogens with one attached hydrogen (secondary N) is 1. The number of carbonyl (C=O) groups excluding carboxylic acids is 2. The van der Waals surface area contributed by atoms with Crippen molar-refractivity contribution in [3.05, 3.63) is 65.7 Å². The quantitative estimate of drug-likeness (QED) is 0.600. The first-order valence-corrected chi connectivity index (χ1v) is 9.71. The Labute approximate surface area is 171 Å². The van der Waals surface area contributed by atoms with E-state index in [1.54, 1.807) is 0 Å². The summed E-state index contributed by atoms with van der Waals surface area (Å²) in [5, 5.41) is 12.6. The van der Waals surface area contributed by atoms with Gasteiger partial charge in [0.1, 0.15) is 24.5 Å². The highest BCUT2D eigenvalue weighted by atomic mass is 16.5. The molecule has 2 atom stereocenters. The minimum absolute atomic E-state index is 0.158. The average molecular weight is 399 g/mol. The van der Waals surface area contributed by atoms with E-state index < -0.39 is 24.0 Å². The van der Waals surface area contributed by atoms with Gasteiger partial charge in [-0.15, -0.1) is 0 Å². The first-order valence-electron chi connectivity index (χ1n) is 9.71. The summed E-state index contributed by atoms with van der Waals surface area (Å²) in [6.45, 7) is 4.26. The predicted octanol–water partition coefficient (Wildman–Crippen LogP) is 2.87. The molecule has 0 unspecified atom stereocenters. The fourth-order valence-electron chi connectivity index (χ4n) is 2.90. The van der Waals surface area contributed by atoms with E-state index in [1.165, 1.54) is 7.11 Å². The number of carbonyl (C=O) groups is 2. The number of methoxy groups -OCH3 is 1. The Hall–Kier alpha value is -2.86. The molecule has 0 aromatic heterocycles. The Morgan fingerprint density at radius 2 is 1.72 bits per heavy atom. The fourth-order valence-corrected chi connectivity index (χ4v) is 2.90. The van der Waals surface area contributed by atoms with Crippen molar-refractivity contribution in [3.8, 4) is 5.75 Å². The molecule has 2 rings (SSSR count). The molecular formula is C23H29NO5. The summed E-state index contributed by atoms with van der Waals surface area (Å²) in [6.07, 6.45) is -0.611. The van der Waals surface area contributed by atoms with Gasteiger partial charge in [0, 0.05) is 6.42 Å². The van der Waals surface area contributed by atoms with Gasteiger partial charge in [0.25, 0.3) is 0 Å². The maximum atomic E-state index is 12.2. The summed E-state index contributed by atoms with van der Waals surface area (Å²) < 4.78 is 10.6. The largest absolute Gasteiger partial charge is 0.489 e. The lowest BCUT2D eigenvalue weighted by Gasteiger charge is -2.20. The van der Waals surface area contributed by atoms with Gasteiger partial charge in [-0.3, -0.25) is 4.79 Å². The zero-order valence-electron chi connectivity index (χ0n) is 17.1. The van der Waals surface area contributed by atoms with Crippen LogP contribution in [-0.4, -0.2) is 36.2 Å². The summed E-state index contributed by atoms with van der Waals surface area (Å²) in [6, 6.07) is 16.3. The summed E-state index contributed by atoms with van der Waals surface area (Å²) >= 11 is 0. The highest BCUT2D eigenvalue weighted by molar-refractivity contribution is 5.87. The summed E-state index contributed by atoms with van der Waals surface area (Å²) in [4.78, 5) is 24.4. The van der Waals surface area contributed by atoms with Gasteiger partial charge in [-0.2, -0.15) is 0 Å². The molecule has 2 aromatic rings. The van der Waals surface area contributed by atoms with Crippen molar-refractivity contribution in [2.24, 2.45) is 5.92 Å². The van der Waals surface area contributed by atoms with Crippen molar-refractivity contribution >= 4 is 11.9 Å². The molecule has 0 aliphatic rings. The fraction of sp³-hybridized carbons (Fsp3) is 0.391. The van der Waals surface area contributed by atoms with E-state index >= 15 is 0 Å². The van der Waals surface area contributed by atoms with Crippen LogP contribution in [0.1, 0.15) is 31.4 Å². The second kappa shape index (κ2) is 11.2. The van der Waals surface area contributed by atoms with Crippen LogP contribution in [-0.2, 0) is 27.4 Å². The SMILES string of the molecule is COC(=O)[C@@H](Cc1cccc(OCc2ccccc2)c1)NC(=O)[C@H](O)CC(C)C. The summed E-state index contributed by atoms with van der Waals surface area (Å²) in [5.41, 5.74) is 1.86. The minimum atomic E-state index is -1.16. The van der Waals surface area contributed by atoms with E-state index in [-0.39, 0.29) is 12.3 Å². The van der Waals surface area contributed by atoms with E-state index in [0.29, 0.717) is 18.8 Å². The Bertz CT molecular complexity index is 791. The average Bonchev–Trinajstić information content (AvgIpc) is 2.71. The molecule has 0 saturated carbocycles. The third-order valence-electron chi connectivity index (χ3n) is 4.39. The van der Waals surface area contributed by atoms with Crippen LogP contribution in [0.15, 0.2) is 54.6 Å². The molecule has 0 spiro atoms. The number of ether oxygens (including phenoxy) is 2. The Morgan fingerprint density at radius 3 is 2.38 bits per heavy atom. The molecule has 0 fully saturated rings. The molecule has 1 amide bonds. The Morgan fingerprint density at radius 1 is 1.03 bits per heavy atom. The summed E-state index contributed by atoms with van der Waals surface area (Å²) in [7, 11) is 1.27. The van der Waals surface area contributed by atoms with Crippen molar-refractivity contribution in [3.63, 3.8) is 0 Å². The molecule has 29 heavy (non-hydrogen) atoms. The molecule has 0 saturated heterocycles. The zero-order valence-corrected chi connectivity index (χ0v) is 17.1. The van der Waals surface area contributed by atoms with Crippen LogP contribution in [0.4, 0.5) is 0 Å². The van der Waals surface area contributed by atoms with Gasteiger partial charge in [0.15, 0.2) is 0 Å². The van der Waals surface area contributed by atoms with Gasteiger partial charge in [-0.1, -0.05) is 56.3 Å². The lowest BCUT2D eigenvalue weighted by molar-refractivity contribution is -0.146. The highest BCUT2D eigenvalue weighted by Gasteiger charge is 2.25. The minimum Gasteiger partial charge on any atom is -0.489 e.